The molecule has 0 rings (SSSR count). The van der Waals surface area contributed by atoms with Crippen molar-refractivity contribution in [1.29, 1.82) is 0 Å². The molecule has 0 heterocycles. The molecule has 0 N–H and O–H groups in total. The van der Waals surface area contributed by atoms with Crippen LogP contribution in [-0.2, 0) is 9.47 Å². The molecule has 0 aromatic rings. The van der Waals surface area contributed by atoms with Crippen molar-refractivity contribution in [2.45, 2.75) is 294 Å². The molecular formula is C52H106O2. The zero-order chi connectivity index (χ0) is 40.7. The van der Waals surface area contributed by atoms with E-state index in [4.69, 9.17) is 9.47 Å². The number of hydrogen-bond acceptors (Lipinski definition) is 2. The molecule has 2 heteroatoms. The number of ether oxygens (including phenoxy) is 2. The second-order valence-corrected chi connectivity index (χ2v) is 20.1. The summed E-state index contributed by atoms with van der Waals surface area (Å²) < 4.78 is 13.6. The Hall–Kier alpha value is -0.340. The number of rotatable bonds is 38. The first-order valence-electron chi connectivity index (χ1n) is 24.7. The summed E-state index contributed by atoms with van der Waals surface area (Å²) in [6, 6.07) is 0. The third kappa shape index (κ3) is 42.8. The van der Waals surface area contributed by atoms with E-state index in [2.05, 4.69) is 62.3 Å². The summed E-state index contributed by atoms with van der Waals surface area (Å²) in [5.41, 5.74) is 1.10. The maximum absolute atomic E-state index is 6.80. The van der Waals surface area contributed by atoms with Crippen LogP contribution in [0.2, 0.25) is 0 Å². The lowest BCUT2D eigenvalue weighted by molar-refractivity contribution is -0.209. The van der Waals surface area contributed by atoms with E-state index >= 15 is 0 Å². The van der Waals surface area contributed by atoms with Crippen LogP contribution in [0, 0.1) is 16.2 Å². The first-order valence-corrected chi connectivity index (χ1v) is 24.7. The van der Waals surface area contributed by atoms with E-state index < -0.39 is 0 Å². The van der Waals surface area contributed by atoms with E-state index in [1.54, 1.807) is 0 Å². The number of hydrogen-bond donors (Lipinski definition) is 0. The molecule has 0 bridgehead atoms. The van der Waals surface area contributed by atoms with Crippen LogP contribution in [0.4, 0.5) is 0 Å². The van der Waals surface area contributed by atoms with Crippen molar-refractivity contribution in [3.63, 3.8) is 0 Å². The molecule has 0 aliphatic heterocycles. The molecule has 1 unspecified atom stereocenters. The van der Waals surface area contributed by atoms with Crippen LogP contribution < -0.4 is 0 Å². The van der Waals surface area contributed by atoms with Crippen molar-refractivity contribution in [2.24, 2.45) is 16.2 Å². The Bertz CT molecular complexity index is 704. The summed E-state index contributed by atoms with van der Waals surface area (Å²) in [4.78, 5) is 0. The standard InChI is InChI=1S/C48H98O2.C4H8/c1-10-12-14-16-18-24-30-36-42-48(9,41-35-29-21-17-15-13-11-2)45(49-43-37-31-25-19-22-27-33-39-46(3,4)5)50-44-38-32-26-20-23-28-34-40-47(6,7)8;1-3-4-2/h45H,10-44H2,1-9H3;3-4H,1-2H3. The number of unbranched alkanes of at least 4 members (excludes halogenated alkanes) is 25. The lowest BCUT2D eigenvalue weighted by Gasteiger charge is -2.38. The zero-order valence-electron chi connectivity index (χ0n) is 39.8. The fourth-order valence-corrected chi connectivity index (χ4v) is 7.62. The molecule has 0 radical (unpaired) electrons. The normalized spacial score (nSPS) is 13.5. The molecule has 0 aliphatic rings. The average molecular weight is 763 g/mol. The monoisotopic (exact) mass is 763 g/mol. The largest absolute Gasteiger partial charge is 0.352 e. The lowest BCUT2D eigenvalue weighted by Crippen LogP contribution is -2.38. The van der Waals surface area contributed by atoms with Crippen molar-refractivity contribution in [2.75, 3.05) is 13.2 Å². The molecule has 0 spiro atoms. The van der Waals surface area contributed by atoms with Crippen molar-refractivity contribution in [3.05, 3.63) is 12.2 Å². The molecule has 0 aromatic carbocycles. The molecule has 0 saturated heterocycles. The predicted molar refractivity (Wildman–Crippen MR) is 247 cm³/mol. The summed E-state index contributed by atoms with van der Waals surface area (Å²) in [7, 11) is 0. The van der Waals surface area contributed by atoms with Gasteiger partial charge in [-0.05, 0) is 63.2 Å². The highest BCUT2D eigenvalue weighted by Gasteiger charge is 2.35. The molecule has 2 nitrogen and oxygen atoms in total. The van der Waals surface area contributed by atoms with Gasteiger partial charge in [-0.3, -0.25) is 0 Å². The molecule has 0 fully saturated rings. The van der Waals surface area contributed by atoms with Gasteiger partial charge in [0.2, 0.25) is 0 Å². The van der Waals surface area contributed by atoms with Crippen molar-refractivity contribution < 1.29 is 9.47 Å². The van der Waals surface area contributed by atoms with E-state index in [1.807, 2.05) is 26.0 Å². The Balaban J connectivity index is 0. The highest BCUT2D eigenvalue weighted by atomic mass is 16.7. The molecule has 0 amide bonds. The minimum Gasteiger partial charge on any atom is -0.352 e. The van der Waals surface area contributed by atoms with Gasteiger partial charge in [-0.25, -0.2) is 0 Å². The minimum atomic E-state index is -0.0399. The van der Waals surface area contributed by atoms with E-state index in [9.17, 15) is 0 Å². The van der Waals surface area contributed by atoms with E-state index in [0.29, 0.717) is 10.8 Å². The van der Waals surface area contributed by atoms with Gasteiger partial charge in [0.05, 0.1) is 0 Å². The quantitative estimate of drug-likeness (QED) is 0.0354. The van der Waals surface area contributed by atoms with E-state index in [1.165, 1.54) is 212 Å². The summed E-state index contributed by atoms with van der Waals surface area (Å²) in [6.45, 7) is 27.1. The van der Waals surface area contributed by atoms with Gasteiger partial charge in [0.25, 0.3) is 0 Å². The SMILES string of the molecule is CC=CC.CCCCCCCCCCC(C)(CCCCCCCCC)C(OCCCCCCCCCC(C)(C)C)OCCCCCCCCCC(C)(C)C. The average Bonchev–Trinajstić information content (AvgIpc) is 3.12. The zero-order valence-corrected chi connectivity index (χ0v) is 39.8. The summed E-state index contributed by atoms with van der Waals surface area (Å²) in [5, 5.41) is 0. The molecule has 54 heavy (non-hydrogen) atoms. The van der Waals surface area contributed by atoms with Gasteiger partial charge in [-0.2, -0.15) is 0 Å². The topological polar surface area (TPSA) is 18.5 Å². The molecular weight excluding hydrogens is 657 g/mol. The second kappa shape index (κ2) is 39.5. The Kier molecular flexibility index (Phi) is 40.8. The Morgan fingerprint density at radius 3 is 0.833 bits per heavy atom. The van der Waals surface area contributed by atoms with Gasteiger partial charge < -0.3 is 9.47 Å². The van der Waals surface area contributed by atoms with Crippen LogP contribution in [0.25, 0.3) is 0 Å². The third-order valence-corrected chi connectivity index (χ3v) is 11.5. The molecule has 0 saturated carbocycles. The van der Waals surface area contributed by atoms with Crippen LogP contribution in [0.15, 0.2) is 12.2 Å². The van der Waals surface area contributed by atoms with Crippen LogP contribution in [0.5, 0.6) is 0 Å². The van der Waals surface area contributed by atoms with Crippen molar-refractivity contribution in [1.82, 2.24) is 0 Å². The van der Waals surface area contributed by atoms with Gasteiger partial charge in [-0.1, -0.05) is 248 Å². The van der Waals surface area contributed by atoms with Crippen molar-refractivity contribution >= 4 is 0 Å². The van der Waals surface area contributed by atoms with E-state index in [0.717, 1.165) is 13.2 Å². The molecule has 0 aromatic heterocycles. The second-order valence-electron chi connectivity index (χ2n) is 20.1. The third-order valence-electron chi connectivity index (χ3n) is 11.5. The predicted octanol–water partition coefficient (Wildman–Crippen LogP) is 18.9. The fraction of sp³-hybridized carbons (Fsp3) is 0.962. The Morgan fingerprint density at radius 2 is 0.574 bits per heavy atom. The van der Waals surface area contributed by atoms with Crippen LogP contribution in [0.3, 0.4) is 0 Å². The van der Waals surface area contributed by atoms with Crippen LogP contribution >= 0.6 is 0 Å². The highest BCUT2D eigenvalue weighted by molar-refractivity contribution is 4.79. The summed E-state index contributed by atoms with van der Waals surface area (Å²) in [5.74, 6) is 0. The summed E-state index contributed by atoms with van der Waals surface area (Å²) >= 11 is 0. The molecule has 0 aliphatic carbocycles. The first kappa shape index (κ1) is 55.8. The van der Waals surface area contributed by atoms with Crippen LogP contribution in [0.1, 0.15) is 288 Å². The van der Waals surface area contributed by atoms with Gasteiger partial charge in [0.15, 0.2) is 6.29 Å². The van der Waals surface area contributed by atoms with Gasteiger partial charge in [0.1, 0.15) is 0 Å². The summed E-state index contributed by atoms with van der Waals surface area (Å²) in [6.07, 6.45) is 48.7. The van der Waals surface area contributed by atoms with Crippen molar-refractivity contribution in [3.8, 4) is 0 Å². The highest BCUT2D eigenvalue weighted by Crippen LogP contribution is 2.38. The molecule has 326 valence electrons. The maximum atomic E-state index is 6.80. The maximum Gasteiger partial charge on any atom is 0.162 e. The van der Waals surface area contributed by atoms with Crippen LogP contribution in [-0.4, -0.2) is 19.5 Å². The van der Waals surface area contributed by atoms with E-state index in [-0.39, 0.29) is 11.7 Å². The smallest absolute Gasteiger partial charge is 0.162 e. The van der Waals surface area contributed by atoms with Gasteiger partial charge >= 0.3 is 0 Å². The Labute approximate surface area is 344 Å². The molecule has 1 atom stereocenters. The minimum absolute atomic E-state index is 0.0399. The van der Waals surface area contributed by atoms with Gasteiger partial charge in [-0.15, -0.1) is 0 Å². The lowest BCUT2D eigenvalue weighted by atomic mass is 9.78. The first-order chi connectivity index (χ1) is 25.8. The fourth-order valence-electron chi connectivity index (χ4n) is 7.62. The van der Waals surface area contributed by atoms with Gasteiger partial charge in [0, 0.05) is 18.6 Å². The number of allylic oxidation sites excluding steroid dienone is 2. The Morgan fingerprint density at radius 1 is 0.333 bits per heavy atom.